The molecule has 0 N–H and O–H groups in total. The third kappa shape index (κ3) is 1.49. The average Bonchev–Trinajstić information content (AvgIpc) is 2.50. The Bertz CT molecular complexity index is 232. The zero-order chi connectivity index (χ0) is 8.27. The van der Waals surface area contributed by atoms with E-state index in [4.69, 9.17) is 16.9 Å². The summed E-state index contributed by atoms with van der Waals surface area (Å²) < 4.78 is 0. The molecule has 0 aliphatic carbocycles. The van der Waals surface area contributed by atoms with Gasteiger partial charge >= 0.3 is 0 Å². The zero-order valence-electron chi connectivity index (χ0n) is 5.70. The number of carbonyl (C=O) groups is 1. The van der Waals surface area contributed by atoms with Crippen LogP contribution in [0.15, 0.2) is 5.10 Å². The third-order valence-corrected chi connectivity index (χ3v) is 1.58. The van der Waals surface area contributed by atoms with Gasteiger partial charge in [-0.1, -0.05) is 0 Å². The van der Waals surface area contributed by atoms with E-state index >= 15 is 0 Å². The summed E-state index contributed by atoms with van der Waals surface area (Å²) in [6.07, 6.45) is 2.04. The first-order valence-corrected chi connectivity index (χ1v) is 3.63. The number of hydrogen-bond acceptors (Lipinski definition) is 3. The maximum Gasteiger partial charge on any atom is 0.258 e. The molecule has 1 aliphatic rings. The quantitative estimate of drug-likeness (QED) is 0.534. The van der Waals surface area contributed by atoms with Crippen LogP contribution in [0.1, 0.15) is 6.42 Å². The minimum Gasteiger partial charge on any atom is -0.272 e. The molecule has 0 saturated heterocycles. The van der Waals surface area contributed by atoms with Crippen molar-refractivity contribution in [1.82, 2.24) is 5.01 Å². The summed E-state index contributed by atoms with van der Waals surface area (Å²) in [6.45, 7) is 0. The molecule has 0 unspecified atom stereocenters. The smallest absolute Gasteiger partial charge is 0.258 e. The van der Waals surface area contributed by atoms with Crippen LogP contribution in [0.5, 0.6) is 0 Å². The van der Waals surface area contributed by atoms with Gasteiger partial charge in [0.1, 0.15) is 11.9 Å². The van der Waals surface area contributed by atoms with Crippen molar-refractivity contribution >= 4 is 23.7 Å². The van der Waals surface area contributed by atoms with Crippen LogP contribution in [-0.4, -0.2) is 29.1 Å². The molecule has 0 aromatic rings. The molecule has 1 atom stereocenters. The van der Waals surface area contributed by atoms with Crippen LogP contribution in [0.3, 0.4) is 0 Å². The van der Waals surface area contributed by atoms with Crippen LogP contribution in [0, 0.1) is 11.3 Å². The Morgan fingerprint density at radius 1 is 2.00 bits per heavy atom. The Hall–Kier alpha value is -1.08. The monoisotopic (exact) mass is 171 g/mol. The molecule has 58 valence electrons. The van der Waals surface area contributed by atoms with Crippen LogP contribution >= 0.6 is 11.6 Å². The molecule has 11 heavy (non-hydrogen) atoms. The SMILES string of the molecule is N#C[C@@H]1CC=NN1C(=O)CCl. The van der Waals surface area contributed by atoms with Gasteiger partial charge in [0.15, 0.2) is 0 Å². The van der Waals surface area contributed by atoms with Crippen LogP contribution in [0.4, 0.5) is 0 Å². The van der Waals surface area contributed by atoms with Gasteiger partial charge < -0.3 is 0 Å². The fourth-order valence-electron chi connectivity index (χ4n) is 0.822. The van der Waals surface area contributed by atoms with E-state index in [0.717, 1.165) is 5.01 Å². The van der Waals surface area contributed by atoms with E-state index in [1.54, 1.807) is 6.21 Å². The molecule has 0 bridgehead atoms. The lowest BCUT2D eigenvalue weighted by Crippen LogP contribution is -2.32. The predicted molar refractivity (Wildman–Crippen MR) is 40.1 cm³/mol. The molecule has 1 amide bonds. The summed E-state index contributed by atoms with van der Waals surface area (Å²) in [6, 6.07) is 1.49. The third-order valence-electron chi connectivity index (χ3n) is 1.35. The number of alkyl halides is 1. The molecule has 0 radical (unpaired) electrons. The minimum absolute atomic E-state index is 0.129. The maximum atomic E-state index is 10.9. The Morgan fingerprint density at radius 3 is 3.27 bits per heavy atom. The van der Waals surface area contributed by atoms with Crippen molar-refractivity contribution in [2.45, 2.75) is 12.5 Å². The number of halogens is 1. The van der Waals surface area contributed by atoms with E-state index in [9.17, 15) is 4.79 Å². The fraction of sp³-hybridized carbons (Fsp3) is 0.500. The average molecular weight is 172 g/mol. The molecule has 5 heteroatoms. The van der Waals surface area contributed by atoms with Gasteiger partial charge in [0.25, 0.3) is 5.91 Å². The largest absolute Gasteiger partial charge is 0.272 e. The number of hydrogen-bond donors (Lipinski definition) is 0. The molecule has 0 aromatic heterocycles. The standard InChI is InChI=1S/C6H6ClN3O/c7-3-6(11)10-5(4-8)1-2-9-10/h2,5H,1,3H2/t5-/m0/s1. The van der Waals surface area contributed by atoms with Gasteiger partial charge in [-0.05, 0) is 0 Å². The molecule has 1 rings (SSSR count). The number of nitrogens with zero attached hydrogens (tertiary/aromatic N) is 3. The van der Waals surface area contributed by atoms with Crippen molar-refractivity contribution in [2.75, 3.05) is 5.88 Å². The Balaban J connectivity index is 2.65. The van der Waals surface area contributed by atoms with Crippen molar-refractivity contribution < 1.29 is 4.79 Å². The van der Waals surface area contributed by atoms with E-state index < -0.39 is 6.04 Å². The Labute approximate surface area is 69.0 Å². The fourth-order valence-corrected chi connectivity index (χ4v) is 0.945. The molecular weight excluding hydrogens is 166 g/mol. The first-order chi connectivity index (χ1) is 5.29. The first-order valence-electron chi connectivity index (χ1n) is 3.09. The van der Waals surface area contributed by atoms with E-state index in [0.29, 0.717) is 6.42 Å². The Kier molecular flexibility index (Phi) is 2.44. The summed E-state index contributed by atoms with van der Waals surface area (Å²) in [5.41, 5.74) is 0. The topological polar surface area (TPSA) is 56.5 Å². The highest BCUT2D eigenvalue weighted by Gasteiger charge is 2.25. The second-order valence-electron chi connectivity index (χ2n) is 2.05. The molecule has 0 saturated carbocycles. The van der Waals surface area contributed by atoms with E-state index in [-0.39, 0.29) is 11.8 Å². The number of rotatable bonds is 1. The Morgan fingerprint density at radius 2 is 2.73 bits per heavy atom. The highest BCUT2D eigenvalue weighted by Crippen LogP contribution is 2.10. The predicted octanol–water partition coefficient (Wildman–Crippen LogP) is 0.335. The van der Waals surface area contributed by atoms with Gasteiger partial charge in [-0.2, -0.15) is 10.4 Å². The molecular formula is C6H6ClN3O. The molecule has 0 fully saturated rings. The van der Waals surface area contributed by atoms with E-state index in [2.05, 4.69) is 5.10 Å². The number of carbonyl (C=O) groups excluding carboxylic acids is 1. The van der Waals surface area contributed by atoms with E-state index in [1.807, 2.05) is 6.07 Å². The molecule has 0 aromatic carbocycles. The number of hydrazone groups is 1. The van der Waals surface area contributed by atoms with Gasteiger partial charge in [-0.3, -0.25) is 4.79 Å². The highest BCUT2D eigenvalue weighted by atomic mass is 35.5. The summed E-state index contributed by atoms with van der Waals surface area (Å²) in [4.78, 5) is 10.9. The molecule has 1 aliphatic heterocycles. The van der Waals surface area contributed by atoms with Crippen molar-refractivity contribution in [3.05, 3.63) is 0 Å². The first kappa shape index (κ1) is 8.02. The van der Waals surface area contributed by atoms with Gasteiger partial charge in [-0.15, -0.1) is 11.6 Å². The van der Waals surface area contributed by atoms with Gasteiger partial charge in [0.05, 0.1) is 6.07 Å². The van der Waals surface area contributed by atoms with Gasteiger partial charge in [0.2, 0.25) is 0 Å². The van der Waals surface area contributed by atoms with Crippen molar-refractivity contribution in [3.8, 4) is 6.07 Å². The lowest BCUT2D eigenvalue weighted by Gasteiger charge is -2.13. The highest BCUT2D eigenvalue weighted by molar-refractivity contribution is 6.27. The van der Waals surface area contributed by atoms with Crippen LogP contribution in [0.2, 0.25) is 0 Å². The molecule has 0 spiro atoms. The minimum atomic E-state index is -0.457. The van der Waals surface area contributed by atoms with Gasteiger partial charge in [0, 0.05) is 12.6 Å². The summed E-state index contributed by atoms with van der Waals surface area (Å²) in [5.74, 6) is -0.456. The van der Waals surface area contributed by atoms with E-state index in [1.165, 1.54) is 0 Å². The number of nitriles is 1. The van der Waals surface area contributed by atoms with Crippen LogP contribution in [0.25, 0.3) is 0 Å². The summed E-state index contributed by atoms with van der Waals surface area (Å²) in [7, 11) is 0. The normalized spacial score (nSPS) is 21.8. The van der Waals surface area contributed by atoms with Crippen molar-refractivity contribution in [1.29, 1.82) is 5.26 Å². The van der Waals surface area contributed by atoms with Crippen LogP contribution < -0.4 is 0 Å². The molecule has 1 heterocycles. The molecule has 4 nitrogen and oxygen atoms in total. The summed E-state index contributed by atoms with van der Waals surface area (Å²) >= 11 is 5.28. The lowest BCUT2D eigenvalue weighted by molar-refractivity contribution is -0.129. The second-order valence-corrected chi connectivity index (χ2v) is 2.32. The van der Waals surface area contributed by atoms with Crippen molar-refractivity contribution in [3.63, 3.8) is 0 Å². The number of amides is 1. The maximum absolute atomic E-state index is 10.9. The summed E-state index contributed by atoms with van der Waals surface area (Å²) in [5, 5.41) is 13.3. The van der Waals surface area contributed by atoms with Gasteiger partial charge in [-0.25, -0.2) is 5.01 Å². The van der Waals surface area contributed by atoms with Crippen molar-refractivity contribution in [2.24, 2.45) is 5.10 Å². The lowest BCUT2D eigenvalue weighted by atomic mass is 10.2. The van der Waals surface area contributed by atoms with Crippen LogP contribution in [-0.2, 0) is 4.79 Å². The second kappa shape index (κ2) is 3.35. The zero-order valence-corrected chi connectivity index (χ0v) is 6.45.